The SMILES string of the molecule is C=CCN(CCc1ccccc1)C(=O)Cn1[nH]c(=O)c2ccccc2c1=O. The van der Waals surface area contributed by atoms with Crippen molar-refractivity contribution < 1.29 is 4.79 Å². The van der Waals surface area contributed by atoms with Crippen molar-refractivity contribution in [2.24, 2.45) is 0 Å². The van der Waals surface area contributed by atoms with E-state index in [9.17, 15) is 14.4 Å². The molecule has 27 heavy (non-hydrogen) atoms. The van der Waals surface area contributed by atoms with Gasteiger partial charge in [0.25, 0.3) is 11.1 Å². The molecule has 3 aromatic rings. The molecule has 0 bridgehead atoms. The lowest BCUT2D eigenvalue weighted by atomic mass is 10.1. The van der Waals surface area contributed by atoms with Crippen LogP contribution in [0.1, 0.15) is 5.56 Å². The summed E-state index contributed by atoms with van der Waals surface area (Å²) in [6, 6.07) is 16.4. The van der Waals surface area contributed by atoms with Crippen LogP contribution in [0, 0.1) is 0 Å². The zero-order valence-corrected chi connectivity index (χ0v) is 14.9. The molecule has 138 valence electrons. The number of aromatic nitrogens is 2. The minimum Gasteiger partial charge on any atom is -0.337 e. The molecule has 0 atom stereocenters. The maximum atomic E-state index is 12.7. The molecule has 0 aliphatic rings. The Bertz CT molecular complexity index is 1070. The number of H-pyrrole nitrogens is 1. The summed E-state index contributed by atoms with van der Waals surface area (Å²) in [7, 11) is 0. The van der Waals surface area contributed by atoms with E-state index in [0.717, 1.165) is 10.2 Å². The largest absolute Gasteiger partial charge is 0.337 e. The van der Waals surface area contributed by atoms with Crippen molar-refractivity contribution in [1.82, 2.24) is 14.7 Å². The highest BCUT2D eigenvalue weighted by Crippen LogP contribution is 2.04. The predicted molar refractivity (Wildman–Crippen MR) is 106 cm³/mol. The molecule has 0 saturated heterocycles. The Morgan fingerprint density at radius 2 is 1.70 bits per heavy atom. The molecule has 6 heteroatoms. The molecular formula is C21H21N3O3. The third-order valence-corrected chi connectivity index (χ3v) is 4.39. The van der Waals surface area contributed by atoms with Gasteiger partial charge in [-0.15, -0.1) is 6.58 Å². The number of carbonyl (C=O) groups is 1. The first kappa shape index (κ1) is 18.4. The van der Waals surface area contributed by atoms with Gasteiger partial charge in [-0.1, -0.05) is 48.5 Å². The van der Waals surface area contributed by atoms with Crippen LogP contribution in [-0.2, 0) is 17.8 Å². The van der Waals surface area contributed by atoms with Gasteiger partial charge in [0.15, 0.2) is 0 Å². The minimum atomic E-state index is -0.391. The number of hydrogen-bond donors (Lipinski definition) is 1. The summed E-state index contributed by atoms with van der Waals surface area (Å²) in [5.41, 5.74) is 0.341. The van der Waals surface area contributed by atoms with Crippen molar-refractivity contribution >= 4 is 16.7 Å². The molecule has 0 aliphatic heterocycles. The summed E-state index contributed by atoms with van der Waals surface area (Å²) in [4.78, 5) is 39.1. The lowest BCUT2D eigenvalue weighted by molar-refractivity contribution is -0.131. The normalized spacial score (nSPS) is 10.7. The van der Waals surface area contributed by atoms with Crippen LogP contribution < -0.4 is 11.1 Å². The van der Waals surface area contributed by atoms with Crippen LogP contribution in [0.5, 0.6) is 0 Å². The predicted octanol–water partition coefficient (Wildman–Crippen LogP) is 1.95. The van der Waals surface area contributed by atoms with Crippen molar-refractivity contribution in [3.63, 3.8) is 0 Å². The molecule has 0 saturated carbocycles. The number of fused-ring (bicyclic) bond motifs is 1. The average molecular weight is 363 g/mol. The molecule has 6 nitrogen and oxygen atoms in total. The van der Waals surface area contributed by atoms with Crippen molar-refractivity contribution in [3.05, 3.63) is 93.5 Å². The van der Waals surface area contributed by atoms with Crippen LogP contribution >= 0.6 is 0 Å². The van der Waals surface area contributed by atoms with E-state index in [-0.39, 0.29) is 18.0 Å². The standard InChI is InChI=1S/C21H21N3O3/c1-2-13-23(14-12-16-8-4-3-5-9-16)19(25)15-24-21(27)18-11-7-6-10-17(18)20(26)22-24/h2-11H,1,12-15H2,(H,22,26). The van der Waals surface area contributed by atoms with E-state index in [1.54, 1.807) is 35.2 Å². The van der Waals surface area contributed by atoms with Gasteiger partial charge in [0.1, 0.15) is 6.54 Å². The van der Waals surface area contributed by atoms with Gasteiger partial charge in [0, 0.05) is 13.1 Å². The van der Waals surface area contributed by atoms with Crippen molar-refractivity contribution in [3.8, 4) is 0 Å². The van der Waals surface area contributed by atoms with Gasteiger partial charge in [-0.25, -0.2) is 4.68 Å². The molecule has 1 aromatic heterocycles. The highest BCUT2D eigenvalue weighted by molar-refractivity contribution is 5.81. The van der Waals surface area contributed by atoms with Crippen LogP contribution in [0.3, 0.4) is 0 Å². The van der Waals surface area contributed by atoms with Crippen molar-refractivity contribution in [1.29, 1.82) is 0 Å². The second-order valence-electron chi connectivity index (χ2n) is 6.24. The number of hydrogen-bond acceptors (Lipinski definition) is 3. The van der Waals surface area contributed by atoms with Gasteiger partial charge in [0.05, 0.1) is 10.8 Å². The molecular weight excluding hydrogens is 342 g/mol. The fourth-order valence-electron chi connectivity index (χ4n) is 2.98. The lowest BCUT2D eigenvalue weighted by Gasteiger charge is -2.21. The van der Waals surface area contributed by atoms with Crippen molar-refractivity contribution in [2.45, 2.75) is 13.0 Å². The number of nitrogens with one attached hydrogen (secondary N) is 1. The lowest BCUT2D eigenvalue weighted by Crippen LogP contribution is -2.40. The molecule has 2 aromatic carbocycles. The van der Waals surface area contributed by atoms with E-state index in [0.29, 0.717) is 30.3 Å². The molecule has 1 N–H and O–H groups in total. The number of nitrogens with zero attached hydrogens (tertiary/aromatic N) is 2. The molecule has 0 spiro atoms. The van der Waals surface area contributed by atoms with Gasteiger partial charge in [0.2, 0.25) is 5.91 Å². The van der Waals surface area contributed by atoms with E-state index >= 15 is 0 Å². The Balaban J connectivity index is 1.80. The second-order valence-corrected chi connectivity index (χ2v) is 6.24. The number of aromatic amines is 1. The van der Waals surface area contributed by atoms with E-state index in [1.807, 2.05) is 30.3 Å². The number of carbonyl (C=O) groups excluding carboxylic acids is 1. The quantitative estimate of drug-likeness (QED) is 0.652. The third-order valence-electron chi connectivity index (χ3n) is 4.39. The molecule has 0 aliphatic carbocycles. The summed E-state index contributed by atoms with van der Waals surface area (Å²) in [5.74, 6) is -0.251. The van der Waals surface area contributed by atoms with Gasteiger partial charge >= 0.3 is 0 Å². The van der Waals surface area contributed by atoms with E-state index < -0.39 is 5.56 Å². The summed E-state index contributed by atoms with van der Waals surface area (Å²) in [5, 5.41) is 3.11. The monoisotopic (exact) mass is 363 g/mol. The van der Waals surface area contributed by atoms with Crippen LogP contribution in [0.2, 0.25) is 0 Å². The Morgan fingerprint density at radius 3 is 2.41 bits per heavy atom. The van der Waals surface area contributed by atoms with Crippen LogP contribution in [0.15, 0.2) is 76.8 Å². The molecule has 1 heterocycles. The zero-order chi connectivity index (χ0) is 19.2. The van der Waals surface area contributed by atoms with Crippen LogP contribution in [-0.4, -0.2) is 33.7 Å². The highest BCUT2D eigenvalue weighted by atomic mass is 16.2. The molecule has 1 amide bonds. The summed E-state index contributed by atoms with van der Waals surface area (Å²) < 4.78 is 1.08. The first-order chi connectivity index (χ1) is 13.1. The Labute approximate surface area is 156 Å². The van der Waals surface area contributed by atoms with Gasteiger partial charge in [-0.2, -0.15) is 0 Å². The van der Waals surface area contributed by atoms with Crippen LogP contribution in [0.4, 0.5) is 0 Å². The van der Waals surface area contributed by atoms with Gasteiger partial charge in [-0.3, -0.25) is 19.5 Å². The fraction of sp³-hybridized carbons (Fsp3) is 0.190. The first-order valence-electron chi connectivity index (χ1n) is 8.74. The maximum absolute atomic E-state index is 12.7. The average Bonchev–Trinajstić information content (AvgIpc) is 2.70. The smallest absolute Gasteiger partial charge is 0.273 e. The topological polar surface area (TPSA) is 75.2 Å². The molecule has 0 radical (unpaired) electrons. The number of benzene rings is 2. The maximum Gasteiger partial charge on any atom is 0.273 e. The summed E-state index contributed by atoms with van der Waals surface area (Å²) in [6.45, 7) is 4.35. The summed E-state index contributed by atoms with van der Waals surface area (Å²) in [6.07, 6.45) is 2.35. The van der Waals surface area contributed by atoms with E-state index in [2.05, 4.69) is 11.7 Å². The fourth-order valence-corrected chi connectivity index (χ4v) is 2.98. The Hall–Kier alpha value is -3.41. The van der Waals surface area contributed by atoms with E-state index in [1.165, 1.54) is 0 Å². The van der Waals surface area contributed by atoms with Crippen LogP contribution in [0.25, 0.3) is 10.8 Å². The van der Waals surface area contributed by atoms with E-state index in [4.69, 9.17) is 0 Å². The van der Waals surface area contributed by atoms with Crippen molar-refractivity contribution in [2.75, 3.05) is 13.1 Å². The minimum absolute atomic E-state index is 0.221. The third kappa shape index (κ3) is 4.23. The second kappa shape index (κ2) is 8.31. The molecule has 0 fully saturated rings. The number of amides is 1. The van der Waals surface area contributed by atoms with Gasteiger partial charge in [-0.05, 0) is 24.1 Å². The zero-order valence-electron chi connectivity index (χ0n) is 14.9. The molecule has 0 unspecified atom stereocenters. The van der Waals surface area contributed by atoms with Gasteiger partial charge < -0.3 is 4.90 Å². The summed E-state index contributed by atoms with van der Waals surface area (Å²) >= 11 is 0. The Morgan fingerprint density at radius 1 is 1.04 bits per heavy atom. The highest BCUT2D eigenvalue weighted by Gasteiger charge is 2.15. The molecule has 3 rings (SSSR count). The Kier molecular flexibility index (Phi) is 5.66. The first-order valence-corrected chi connectivity index (χ1v) is 8.74. The number of rotatable bonds is 7.